The Bertz CT molecular complexity index is 4100. The third-order valence-electron chi connectivity index (χ3n) is 21.7. The molecular weight excluding hydrogens is 1200 g/mol. The van der Waals surface area contributed by atoms with Crippen molar-refractivity contribution in [3.63, 3.8) is 0 Å². The van der Waals surface area contributed by atoms with E-state index in [1.165, 1.54) is 25.7 Å². The third kappa shape index (κ3) is 13.8. The highest BCUT2D eigenvalue weighted by atomic mass is 16.6. The van der Waals surface area contributed by atoms with E-state index in [1.807, 2.05) is 96.4 Å². The van der Waals surface area contributed by atoms with Crippen LogP contribution >= 0.6 is 0 Å². The van der Waals surface area contributed by atoms with Crippen LogP contribution in [0.4, 0.5) is 20.1 Å². The molecule has 2 unspecified atom stereocenters. The first-order chi connectivity index (χ1) is 45.4. The lowest BCUT2D eigenvalue weighted by Gasteiger charge is -2.44. The molecule has 7 aliphatic rings. The fourth-order valence-corrected chi connectivity index (χ4v) is 16.3. The fourth-order valence-electron chi connectivity index (χ4n) is 16.3. The number of hydrogen-bond donors (Lipinski definition) is 6. The molecule has 6 saturated heterocycles. The number of ether oxygens (including phenoxy) is 3. The maximum absolute atomic E-state index is 14.1. The molecule has 5 amide bonds. The van der Waals surface area contributed by atoms with Gasteiger partial charge >= 0.3 is 35.3 Å². The maximum Gasteiger partial charge on any atom is 0.412 e. The number of hydrogen-bond acceptors (Lipinski definition) is 13. The zero-order valence-corrected chi connectivity index (χ0v) is 54.5. The highest BCUT2D eigenvalue weighted by Gasteiger charge is 2.46. The molecule has 0 bridgehead atoms. The van der Waals surface area contributed by atoms with Crippen LogP contribution < -0.4 is 22.4 Å². The highest BCUT2D eigenvalue weighted by Crippen LogP contribution is 2.44. The lowest BCUT2D eigenvalue weighted by Crippen LogP contribution is -2.52. The van der Waals surface area contributed by atoms with Crippen LogP contribution in [0.25, 0.3) is 33.1 Å². The number of nitrogens with one attached hydrogen (secondary N) is 6. The van der Waals surface area contributed by atoms with E-state index in [0.29, 0.717) is 113 Å². The molecule has 10 heterocycles. The Morgan fingerprint density at radius 2 is 0.947 bits per heavy atom. The molecule has 0 aliphatic carbocycles. The standard InChI is InChI=1S/C35H45N7O5.C35H44N6O6/c1-22-19-23(20-28-31(22)38-33(44)36-28)21-30(32(43)40-15-9-25(10-16-40)24-7-13-39(2)14-8-24)47-35(46)41-17-11-26(12-18-41)42-29-6-4-3-5-27(29)37-34(42)45;1-22-19-23(20-28-30(22)38-32(43)36-28)21-29(31(42)40-15-9-25(10-16-40)24-7-13-39(2)14-8-24)46-34(45)41-17-11-35(12-18-41)26-5-3-4-6-27(26)37-33(44)47-35/h3-6,19-20,24-26,30H,7-18,21H2,1-2H3,(H,37,45)(H2,36,38,44);3-6,19-20,24-25,29H,7-18,21H2,1-2H3,(H,37,44)(H2,36,38,43). The van der Waals surface area contributed by atoms with Gasteiger partial charge < -0.3 is 68.5 Å². The van der Waals surface area contributed by atoms with Crippen molar-refractivity contribution < 1.29 is 38.2 Å². The fraction of sp³-hybridized carbons (Fsp3) is 0.543. The molecule has 14 rings (SSSR count). The molecule has 0 saturated carbocycles. The predicted octanol–water partition coefficient (Wildman–Crippen LogP) is 8.12. The van der Waals surface area contributed by atoms with Crippen molar-refractivity contribution in [2.75, 3.05) is 97.9 Å². The number of carbonyl (C=O) groups excluding carboxylic acids is 5. The molecule has 6 N–H and O–H groups in total. The number of H-pyrrole nitrogens is 5. The molecule has 500 valence electrons. The summed E-state index contributed by atoms with van der Waals surface area (Å²) >= 11 is 0. The van der Waals surface area contributed by atoms with Crippen molar-refractivity contribution in [2.24, 2.45) is 23.7 Å². The topological polar surface area (TPSA) is 280 Å². The SMILES string of the molecule is Cc1cc(CC(OC(=O)N2CCC(n3c(=O)[nH]c4ccccc43)CC2)C(=O)N2CCC(C3CCN(C)CC3)CC2)cc2[nH]c(=O)[nH]c12.Cc1cc(CC(OC(=O)N2CCC3(CC2)OC(=O)Nc2ccccc23)C(=O)N2CCC(C3CCN(C)CC3)CC2)cc2[nH]c(=O)[nH]c12. The van der Waals surface area contributed by atoms with Crippen LogP contribution in [0.3, 0.4) is 0 Å². The first-order valence-corrected chi connectivity index (χ1v) is 34.0. The van der Waals surface area contributed by atoms with Gasteiger partial charge in [-0.3, -0.25) is 19.5 Å². The second kappa shape index (κ2) is 27.4. The summed E-state index contributed by atoms with van der Waals surface area (Å²) in [6.07, 6.45) is 7.59. The van der Waals surface area contributed by atoms with Gasteiger partial charge in [0.1, 0.15) is 5.60 Å². The van der Waals surface area contributed by atoms with Crippen LogP contribution in [0.2, 0.25) is 0 Å². The van der Waals surface area contributed by atoms with Gasteiger partial charge in [0.25, 0.3) is 11.8 Å². The molecule has 24 heteroatoms. The van der Waals surface area contributed by atoms with E-state index >= 15 is 0 Å². The van der Waals surface area contributed by atoms with Gasteiger partial charge in [-0.15, -0.1) is 0 Å². The van der Waals surface area contributed by atoms with Crippen LogP contribution in [-0.2, 0) is 42.2 Å². The highest BCUT2D eigenvalue weighted by molar-refractivity contribution is 5.89. The molecule has 3 aromatic heterocycles. The number of piperidine rings is 6. The Labute approximate surface area is 545 Å². The molecule has 24 nitrogen and oxygen atoms in total. The van der Waals surface area contributed by atoms with Gasteiger partial charge in [0.2, 0.25) is 0 Å². The lowest BCUT2D eigenvalue weighted by molar-refractivity contribution is -0.143. The average molecular weight is 1290 g/mol. The molecule has 0 radical (unpaired) electrons. The average Bonchev–Trinajstić information content (AvgIpc) is 0.999. The predicted molar refractivity (Wildman–Crippen MR) is 356 cm³/mol. The first kappa shape index (κ1) is 64.1. The van der Waals surface area contributed by atoms with E-state index in [2.05, 4.69) is 54.1 Å². The number of aromatic amines is 5. The summed E-state index contributed by atoms with van der Waals surface area (Å²) in [6.45, 7) is 12.5. The number of aryl methyl sites for hydroxylation is 2. The van der Waals surface area contributed by atoms with Crippen molar-refractivity contribution in [2.45, 2.75) is 128 Å². The largest absolute Gasteiger partial charge is 0.438 e. The van der Waals surface area contributed by atoms with Gasteiger partial charge in [0.05, 0.1) is 38.8 Å². The number of para-hydroxylation sites is 3. The summed E-state index contributed by atoms with van der Waals surface area (Å²) in [7, 11) is 4.36. The van der Waals surface area contributed by atoms with Crippen LogP contribution in [-0.4, -0.2) is 194 Å². The molecule has 4 aromatic carbocycles. The van der Waals surface area contributed by atoms with Crippen molar-refractivity contribution in [1.82, 2.24) is 58.9 Å². The number of fused-ring (bicyclic) bond motifs is 5. The summed E-state index contributed by atoms with van der Waals surface area (Å²) in [5.74, 6) is 2.28. The zero-order chi connectivity index (χ0) is 65.4. The minimum Gasteiger partial charge on any atom is -0.438 e. The van der Waals surface area contributed by atoms with E-state index in [-0.39, 0.29) is 47.8 Å². The molecule has 94 heavy (non-hydrogen) atoms. The van der Waals surface area contributed by atoms with Gasteiger partial charge in [-0.05, 0) is 195 Å². The summed E-state index contributed by atoms with van der Waals surface area (Å²) in [6, 6.07) is 22.7. The quantitative estimate of drug-likeness (QED) is 0.0669. The monoisotopic (exact) mass is 1290 g/mol. The van der Waals surface area contributed by atoms with Crippen LogP contribution in [0.15, 0.2) is 87.2 Å². The second-order valence-corrected chi connectivity index (χ2v) is 27.7. The lowest BCUT2D eigenvalue weighted by atomic mass is 9.79. The second-order valence-electron chi connectivity index (χ2n) is 27.7. The molecule has 6 fully saturated rings. The van der Waals surface area contributed by atoms with Gasteiger partial charge in [-0.1, -0.05) is 42.5 Å². The number of carbonyl (C=O) groups is 5. The van der Waals surface area contributed by atoms with E-state index in [0.717, 1.165) is 107 Å². The van der Waals surface area contributed by atoms with Gasteiger partial charge in [0, 0.05) is 89.6 Å². The van der Waals surface area contributed by atoms with Gasteiger partial charge in [-0.25, -0.2) is 28.8 Å². The normalized spacial score (nSPS) is 20.6. The molecule has 7 aliphatic heterocycles. The molecular formula is C70H89N13O11. The Balaban J connectivity index is 0.000000171. The number of nitrogens with zero attached hydrogens (tertiary/aromatic N) is 7. The minimum absolute atomic E-state index is 0.0378. The molecule has 7 aromatic rings. The van der Waals surface area contributed by atoms with Crippen molar-refractivity contribution in [3.05, 3.63) is 132 Å². The molecule has 1 spiro atoms. The zero-order valence-electron chi connectivity index (χ0n) is 54.5. The van der Waals surface area contributed by atoms with Crippen LogP contribution in [0, 0.1) is 37.5 Å². The Hall–Kier alpha value is -8.64. The van der Waals surface area contributed by atoms with Gasteiger partial charge in [0.15, 0.2) is 12.2 Å². The summed E-state index contributed by atoms with van der Waals surface area (Å²) < 4.78 is 19.8. The Morgan fingerprint density at radius 1 is 0.511 bits per heavy atom. The number of anilines is 1. The summed E-state index contributed by atoms with van der Waals surface area (Å²) in [5.41, 5.74) is 7.86. The van der Waals surface area contributed by atoms with Crippen molar-refractivity contribution in [3.8, 4) is 0 Å². The first-order valence-electron chi connectivity index (χ1n) is 34.0. The van der Waals surface area contributed by atoms with E-state index in [4.69, 9.17) is 14.2 Å². The van der Waals surface area contributed by atoms with Crippen molar-refractivity contribution in [1.29, 1.82) is 0 Å². The van der Waals surface area contributed by atoms with Crippen LogP contribution in [0.1, 0.15) is 111 Å². The summed E-state index contributed by atoms with van der Waals surface area (Å²) in [4.78, 5) is 131. The summed E-state index contributed by atoms with van der Waals surface area (Å²) in [5, 5.41) is 2.77. The maximum atomic E-state index is 14.1. The number of amides is 5. The Morgan fingerprint density at radius 3 is 1.45 bits per heavy atom. The van der Waals surface area contributed by atoms with Crippen molar-refractivity contribution >= 4 is 68.9 Å². The van der Waals surface area contributed by atoms with Crippen LogP contribution in [0.5, 0.6) is 0 Å². The van der Waals surface area contributed by atoms with E-state index in [1.54, 1.807) is 14.4 Å². The van der Waals surface area contributed by atoms with Gasteiger partial charge in [-0.2, -0.15) is 0 Å². The third-order valence-corrected chi connectivity index (χ3v) is 21.7. The number of rotatable bonds is 11. The number of imidazole rings is 3. The minimum atomic E-state index is -1.02. The number of aromatic nitrogens is 6. The van der Waals surface area contributed by atoms with E-state index < -0.39 is 36.1 Å². The number of likely N-dealkylation sites (tertiary alicyclic amines) is 6. The number of benzene rings is 4. The molecule has 2 atom stereocenters. The smallest absolute Gasteiger partial charge is 0.412 e. The van der Waals surface area contributed by atoms with E-state index in [9.17, 15) is 38.4 Å². The Kier molecular flexibility index (Phi) is 18.7.